The summed E-state index contributed by atoms with van der Waals surface area (Å²) in [6.45, 7) is 3.79. The fraction of sp³-hybridized carbons (Fsp3) is 0.0455. The maximum absolute atomic E-state index is 12.4. The Hall–Kier alpha value is -3.33. The van der Waals surface area contributed by atoms with Crippen molar-refractivity contribution in [1.29, 1.82) is 0 Å². The van der Waals surface area contributed by atoms with Gasteiger partial charge in [-0.2, -0.15) is 0 Å². The number of hydrogen-bond acceptors (Lipinski definition) is 3. The first kappa shape index (κ1) is 16.5. The minimum atomic E-state index is -0.568. The predicted molar refractivity (Wildman–Crippen MR) is 100 cm³/mol. The van der Waals surface area contributed by atoms with Gasteiger partial charge in [0.05, 0.1) is 5.56 Å². The Morgan fingerprint density at radius 1 is 0.960 bits per heavy atom. The van der Waals surface area contributed by atoms with Crippen LogP contribution >= 0.6 is 0 Å². The first-order valence-electron chi connectivity index (χ1n) is 7.96. The molecule has 3 heteroatoms. The fourth-order valence-electron chi connectivity index (χ4n) is 2.70. The van der Waals surface area contributed by atoms with E-state index in [1.54, 1.807) is 12.2 Å². The van der Waals surface area contributed by atoms with E-state index in [1.165, 1.54) is 6.07 Å². The van der Waals surface area contributed by atoms with E-state index in [-0.39, 0.29) is 11.3 Å². The lowest BCUT2D eigenvalue weighted by Gasteiger charge is -2.13. The van der Waals surface area contributed by atoms with Crippen molar-refractivity contribution in [2.45, 2.75) is 5.92 Å². The van der Waals surface area contributed by atoms with E-state index in [0.29, 0.717) is 5.76 Å². The molecule has 25 heavy (non-hydrogen) atoms. The van der Waals surface area contributed by atoms with Gasteiger partial charge in [0.15, 0.2) is 0 Å². The lowest BCUT2D eigenvalue weighted by molar-refractivity contribution is 0.431. The Balaban J connectivity index is 1.97. The summed E-state index contributed by atoms with van der Waals surface area (Å²) in [6.07, 6.45) is 5.10. The van der Waals surface area contributed by atoms with Crippen molar-refractivity contribution in [1.82, 2.24) is 0 Å². The highest BCUT2D eigenvalue weighted by atomic mass is 16.4. The monoisotopic (exact) mass is 330 g/mol. The van der Waals surface area contributed by atoms with Crippen molar-refractivity contribution < 1.29 is 9.52 Å². The topological polar surface area (TPSA) is 50.4 Å². The minimum Gasteiger partial charge on any atom is -0.507 e. The summed E-state index contributed by atoms with van der Waals surface area (Å²) in [5, 5.41) is 10.4. The molecule has 0 aliphatic carbocycles. The number of allylic oxidation sites excluding steroid dienone is 1. The van der Waals surface area contributed by atoms with Gasteiger partial charge >= 0.3 is 5.63 Å². The molecule has 1 atom stereocenters. The van der Waals surface area contributed by atoms with E-state index in [0.717, 1.165) is 11.1 Å². The molecule has 0 radical (unpaired) electrons. The second kappa shape index (κ2) is 7.49. The number of hydrogen-bond donors (Lipinski definition) is 1. The molecule has 2 aromatic carbocycles. The molecule has 0 bridgehead atoms. The lowest BCUT2D eigenvalue weighted by atomic mass is 9.92. The molecule has 0 fully saturated rings. The van der Waals surface area contributed by atoms with Gasteiger partial charge in [0.25, 0.3) is 0 Å². The van der Waals surface area contributed by atoms with Crippen molar-refractivity contribution in [3.63, 3.8) is 0 Å². The Kier molecular flexibility index (Phi) is 4.95. The molecule has 3 rings (SSSR count). The lowest BCUT2D eigenvalue weighted by Crippen LogP contribution is -2.13. The van der Waals surface area contributed by atoms with Gasteiger partial charge in [-0.3, -0.25) is 0 Å². The SMILES string of the molecule is C=CC(c1ccccc1)c1c(O)cc(C=Cc2ccccc2)oc1=O. The van der Waals surface area contributed by atoms with Gasteiger partial charge in [0, 0.05) is 12.0 Å². The van der Waals surface area contributed by atoms with Crippen LogP contribution in [0.2, 0.25) is 0 Å². The van der Waals surface area contributed by atoms with Crippen molar-refractivity contribution in [3.05, 3.63) is 112 Å². The normalized spacial score (nSPS) is 12.2. The third-order valence-electron chi connectivity index (χ3n) is 3.93. The van der Waals surface area contributed by atoms with Crippen LogP contribution in [0.1, 0.15) is 28.4 Å². The average Bonchev–Trinajstić information content (AvgIpc) is 2.64. The fourth-order valence-corrected chi connectivity index (χ4v) is 2.70. The highest BCUT2D eigenvalue weighted by molar-refractivity contribution is 5.67. The first-order valence-corrected chi connectivity index (χ1v) is 7.96. The molecule has 124 valence electrons. The van der Waals surface area contributed by atoms with Gasteiger partial charge in [-0.1, -0.05) is 72.8 Å². The maximum atomic E-state index is 12.4. The van der Waals surface area contributed by atoms with Crippen LogP contribution in [0.5, 0.6) is 5.75 Å². The molecule has 1 heterocycles. The van der Waals surface area contributed by atoms with Crippen molar-refractivity contribution in [3.8, 4) is 5.75 Å². The van der Waals surface area contributed by atoms with Crippen LogP contribution in [-0.4, -0.2) is 5.11 Å². The van der Waals surface area contributed by atoms with Crippen LogP contribution in [0.4, 0.5) is 0 Å². The Morgan fingerprint density at radius 2 is 1.60 bits per heavy atom. The second-order valence-electron chi connectivity index (χ2n) is 5.60. The zero-order chi connectivity index (χ0) is 17.6. The molecule has 0 amide bonds. The molecule has 1 N–H and O–H groups in total. The molecule has 3 nitrogen and oxygen atoms in total. The van der Waals surface area contributed by atoms with Crippen LogP contribution in [0.15, 0.2) is 88.6 Å². The molecular formula is C22H18O3. The van der Waals surface area contributed by atoms with Crippen LogP contribution in [0.25, 0.3) is 12.2 Å². The van der Waals surface area contributed by atoms with Gasteiger partial charge in [0.1, 0.15) is 11.5 Å². The summed E-state index contributed by atoms with van der Waals surface area (Å²) in [5.74, 6) is -0.228. The highest BCUT2D eigenvalue weighted by Crippen LogP contribution is 2.30. The van der Waals surface area contributed by atoms with Crippen LogP contribution in [0.3, 0.4) is 0 Å². The van der Waals surface area contributed by atoms with Crippen molar-refractivity contribution >= 4 is 12.2 Å². The molecule has 1 aromatic heterocycles. The van der Waals surface area contributed by atoms with Crippen molar-refractivity contribution in [2.24, 2.45) is 0 Å². The molecule has 0 saturated carbocycles. The molecule has 0 aliphatic heterocycles. The summed E-state index contributed by atoms with van der Waals surface area (Å²) in [4.78, 5) is 12.4. The largest absolute Gasteiger partial charge is 0.507 e. The Morgan fingerprint density at radius 3 is 2.20 bits per heavy atom. The molecular weight excluding hydrogens is 312 g/mol. The average molecular weight is 330 g/mol. The molecule has 3 aromatic rings. The summed E-state index contributed by atoms with van der Waals surface area (Å²) >= 11 is 0. The van der Waals surface area contributed by atoms with Crippen LogP contribution in [-0.2, 0) is 0 Å². The van der Waals surface area contributed by atoms with Crippen LogP contribution < -0.4 is 5.63 Å². The van der Waals surface area contributed by atoms with Crippen molar-refractivity contribution in [2.75, 3.05) is 0 Å². The van der Waals surface area contributed by atoms with E-state index in [1.807, 2.05) is 66.7 Å². The van der Waals surface area contributed by atoms with E-state index in [4.69, 9.17) is 4.42 Å². The summed E-state index contributed by atoms with van der Waals surface area (Å²) in [6, 6.07) is 20.5. The van der Waals surface area contributed by atoms with Gasteiger partial charge in [-0.05, 0) is 17.2 Å². The highest BCUT2D eigenvalue weighted by Gasteiger charge is 2.20. The number of rotatable bonds is 5. The Bertz CT molecular complexity index is 938. The smallest absolute Gasteiger partial charge is 0.344 e. The van der Waals surface area contributed by atoms with Crippen LogP contribution in [0, 0.1) is 0 Å². The van der Waals surface area contributed by atoms with Gasteiger partial charge in [0.2, 0.25) is 0 Å². The maximum Gasteiger partial charge on any atom is 0.344 e. The summed E-state index contributed by atoms with van der Waals surface area (Å²) in [5.41, 5.74) is 1.47. The molecule has 0 saturated heterocycles. The predicted octanol–water partition coefficient (Wildman–Crippen LogP) is 4.83. The number of benzene rings is 2. The third kappa shape index (κ3) is 3.78. The van der Waals surface area contributed by atoms with Gasteiger partial charge in [-0.15, -0.1) is 6.58 Å². The standard InChI is InChI=1S/C22H18O3/c1-2-19(17-11-7-4-8-12-17)21-20(23)15-18(25-22(21)24)14-13-16-9-5-3-6-10-16/h2-15,19,23H,1H2. The van der Waals surface area contributed by atoms with E-state index in [2.05, 4.69) is 6.58 Å². The van der Waals surface area contributed by atoms with E-state index in [9.17, 15) is 9.90 Å². The third-order valence-corrected chi connectivity index (χ3v) is 3.93. The number of aromatic hydroxyl groups is 1. The zero-order valence-corrected chi connectivity index (χ0v) is 13.6. The molecule has 0 aliphatic rings. The first-order chi connectivity index (χ1) is 12.2. The zero-order valence-electron chi connectivity index (χ0n) is 13.6. The Labute approximate surface area is 146 Å². The minimum absolute atomic E-state index is 0.0993. The molecule has 1 unspecified atom stereocenters. The van der Waals surface area contributed by atoms with Gasteiger partial charge in [-0.25, -0.2) is 4.79 Å². The summed E-state index contributed by atoms with van der Waals surface area (Å²) in [7, 11) is 0. The second-order valence-corrected chi connectivity index (χ2v) is 5.60. The quantitative estimate of drug-likeness (QED) is 0.681. The van der Waals surface area contributed by atoms with E-state index >= 15 is 0 Å². The van der Waals surface area contributed by atoms with Gasteiger partial charge < -0.3 is 9.52 Å². The molecule has 0 spiro atoms. The van der Waals surface area contributed by atoms with E-state index < -0.39 is 11.5 Å². The summed E-state index contributed by atoms with van der Waals surface area (Å²) < 4.78 is 5.37.